The van der Waals surface area contributed by atoms with Gasteiger partial charge in [0.2, 0.25) is 0 Å². The Morgan fingerprint density at radius 3 is 2.33 bits per heavy atom. The number of hydrogen-bond donors (Lipinski definition) is 1. The van der Waals surface area contributed by atoms with Gasteiger partial charge in [0.15, 0.2) is 0 Å². The van der Waals surface area contributed by atoms with Crippen molar-refractivity contribution < 1.29 is 13.2 Å². The molecule has 1 N–H and O–H groups in total. The van der Waals surface area contributed by atoms with E-state index < -0.39 is 11.7 Å². The van der Waals surface area contributed by atoms with Gasteiger partial charge in [0.05, 0.1) is 16.9 Å². The molecular formula is C18H19F3N2S. The average molecular weight is 352 g/mol. The van der Waals surface area contributed by atoms with Gasteiger partial charge in [0, 0.05) is 16.3 Å². The molecule has 0 bridgehead atoms. The molecule has 0 amide bonds. The van der Waals surface area contributed by atoms with E-state index in [1.165, 1.54) is 23.9 Å². The lowest BCUT2D eigenvalue weighted by Crippen LogP contribution is -2.21. The van der Waals surface area contributed by atoms with Crippen LogP contribution < -0.4 is 10.2 Å². The van der Waals surface area contributed by atoms with Gasteiger partial charge >= 0.3 is 6.18 Å². The van der Waals surface area contributed by atoms with Crippen molar-refractivity contribution in [1.29, 1.82) is 0 Å². The van der Waals surface area contributed by atoms with Crippen LogP contribution in [0.1, 0.15) is 5.56 Å². The molecule has 0 radical (unpaired) electrons. The van der Waals surface area contributed by atoms with E-state index in [0.717, 1.165) is 21.5 Å². The number of nitrogens with zero attached hydrogens (tertiary/aromatic N) is 1. The number of hydrogen-bond acceptors (Lipinski definition) is 3. The third-order valence-electron chi connectivity index (χ3n) is 3.26. The monoisotopic (exact) mass is 352 g/mol. The Balaban J connectivity index is 0.000000647. The van der Waals surface area contributed by atoms with Gasteiger partial charge in [-0.25, -0.2) is 0 Å². The fraction of sp³-hybridized carbons (Fsp3) is 0.222. The van der Waals surface area contributed by atoms with Crippen molar-refractivity contribution in [1.82, 2.24) is 5.32 Å². The number of halogens is 3. The second kappa shape index (κ2) is 7.77. The molecule has 0 saturated heterocycles. The Morgan fingerprint density at radius 2 is 1.71 bits per heavy atom. The Labute approximate surface area is 144 Å². The molecular weight excluding hydrogens is 333 g/mol. The zero-order chi connectivity index (χ0) is 17.7. The lowest BCUT2D eigenvalue weighted by Gasteiger charge is -2.32. The quantitative estimate of drug-likeness (QED) is 0.736. The highest BCUT2D eigenvalue weighted by molar-refractivity contribution is 7.99. The fourth-order valence-corrected chi connectivity index (χ4v) is 3.41. The molecule has 1 aliphatic rings. The van der Waals surface area contributed by atoms with E-state index >= 15 is 0 Å². The third kappa shape index (κ3) is 3.94. The summed E-state index contributed by atoms with van der Waals surface area (Å²) in [4.78, 5) is 3.72. The first kappa shape index (κ1) is 18.4. The number of para-hydroxylation sites is 1. The van der Waals surface area contributed by atoms with Crippen LogP contribution in [0.5, 0.6) is 0 Å². The van der Waals surface area contributed by atoms with Crippen LogP contribution in [-0.4, -0.2) is 20.6 Å². The molecule has 1 aliphatic heterocycles. The van der Waals surface area contributed by atoms with E-state index in [1.54, 1.807) is 6.08 Å². The van der Waals surface area contributed by atoms with E-state index in [9.17, 15) is 13.2 Å². The normalized spacial score (nSPS) is 12.6. The van der Waals surface area contributed by atoms with Crippen LogP contribution in [0, 0.1) is 0 Å². The number of anilines is 2. The van der Waals surface area contributed by atoms with E-state index in [4.69, 9.17) is 0 Å². The third-order valence-corrected chi connectivity index (χ3v) is 4.39. The van der Waals surface area contributed by atoms with E-state index in [-0.39, 0.29) is 0 Å². The zero-order valence-electron chi connectivity index (χ0n) is 13.5. The highest BCUT2D eigenvalue weighted by atomic mass is 32.2. The molecule has 0 aromatic heterocycles. The van der Waals surface area contributed by atoms with Gasteiger partial charge in [-0.2, -0.15) is 13.2 Å². The summed E-state index contributed by atoms with van der Waals surface area (Å²) in [5.74, 6) is 0. The van der Waals surface area contributed by atoms with Gasteiger partial charge in [-0.15, -0.1) is 6.58 Å². The van der Waals surface area contributed by atoms with Crippen LogP contribution in [0.15, 0.2) is 64.9 Å². The summed E-state index contributed by atoms with van der Waals surface area (Å²) in [5, 5.41) is 2.75. The SMILES string of the molecule is C=CCN1c2ccccc2Sc2ccc(C(F)(F)F)cc21.CNC. The van der Waals surface area contributed by atoms with Gasteiger partial charge in [-0.1, -0.05) is 30.0 Å². The maximum Gasteiger partial charge on any atom is 0.416 e. The summed E-state index contributed by atoms with van der Waals surface area (Å²) in [7, 11) is 3.75. The van der Waals surface area contributed by atoms with Crippen molar-refractivity contribution in [3.8, 4) is 0 Å². The molecule has 1 heterocycles. The molecule has 0 unspecified atom stereocenters. The number of benzene rings is 2. The van der Waals surface area contributed by atoms with Gasteiger partial charge < -0.3 is 10.2 Å². The van der Waals surface area contributed by atoms with Gasteiger partial charge in [-0.3, -0.25) is 0 Å². The second-order valence-electron chi connectivity index (χ2n) is 5.15. The summed E-state index contributed by atoms with van der Waals surface area (Å²) in [6, 6.07) is 11.6. The predicted octanol–water partition coefficient (Wildman–Crippen LogP) is 5.33. The summed E-state index contributed by atoms with van der Waals surface area (Å²) < 4.78 is 38.8. The van der Waals surface area contributed by atoms with Crippen molar-refractivity contribution in [3.05, 3.63) is 60.7 Å². The first-order valence-electron chi connectivity index (χ1n) is 7.37. The first-order chi connectivity index (χ1) is 11.4. The topological polar surface area (TPSA) is 15.3 Å². The fourth-order valence-electron chi connectivity index (χ4n) is 2.33. The minimum atomic E-state index is -4.34. The zero-order valence-corrected chi connectivity index (χ0v) is 14.3. The molecule has 3 rings (SSSR count). The largest absolute Gasteiger partial charge is 0.416 e. The van der Waals surface area contributed by atoms with Crippen LogP contribution in [0.3, 0.4) is 0 Å². The van der Waals surface area contributed by atoms with Gasteiger partial charge in [-0.05, 0) is 44.4 Å². The van der Waals surface area contributed by atoms with E-state index in [1.807, 2.05) is 43.3 Å². The van der Waals surface area contributed by atoms with Crippen LogP contribution >= 0.6 is 11.8 Å². The molecule has 128 valence electrons. The average Bonchev–Trinajstić information content (AvgIpc) is 2.54. The van der Waals surface area contributed by atoms with Crippen molar-refractivity contribution in [3.63, 3.8) is 0 Å². The maximum atomic E-state index is 12.9. The number of fused-ring (bicyclic) bond motifs is 2. The summed E-state index contributed by atoms with van der Waals surface area (Å²) in [6.45, 7) is 4.17. The molecule has 0 spiro atoms. The Hall–Kier alpha value is -1.92. The molecule has 2 nitrogen and oxygen atoms in total. The predicted molar refractivity (Wildman–Crippen MR) is 94.2 cm³/mol. The number of nitrogens with one attached hydrogen (secondary N) is 1. The molecule has 2 aromatic carbocycles. The molecule has 0 aliphatic carbocycles. The van der Waals surface area contributed by atoms with Crippen LogP contribution in [0.2, 0.25) is 0 Å². The summed E-state index contributed by atoms with van der Waals surface area (Å²) in [6.07, 6.45) is -2.65. The molecule has 0 atom stereocenters. The second-order valence-corrected chi connectivity index (χ2v) is 6.23. The minimum Gasteiger partial charge on any atom is -0.336 e. The van der Waals surface area contributed by atoms with Crippen molar-refractivity contribution >= 4 is 23.1 Å². The maximum absolute atomic E-state index is 12.9. The number of alkyl halides is 3. The Bertz CT molecular complexity index is 714. The molecule has 0 fully saturated rings. The van der Waals surface area contributed by atoms with Gasteiger partial charge in [0.25, 0.3) is 0 Å². The molecule has 6 heteroatoms. The van der Waals surface area contributed by atoms with Crippen molar-refractivity contribution in [2.24, 2.45) is 0 Å². The Morgan fingerprint density at radius 1 is 1.08 bits per heavy atom. The Kier molecular flexibility index (Phi) is 5.96. The minimum absolute atomic E-state index is 0.464. The molecule has 24 heavy (non-hydrogen) atoms. The van der Waals surface area contributed by atoms with Crippen LogP contribution in [0.25, 0.3) is 0 Å². The number of rotatable bonds is 2. The first-order valence-corrected chi connectivity index (χ1v) is 8.19. The lowest BCUT2D eigenvalue weighted by atomic mass is 10.1. The summed E-state index contributed by atoms with van der Waals surface area (Å²) >= 11 is 1.49. The van der Waals surface area contributed by atoms with E-state index in [2.05, 4.69) is 11.9 Å². The standard InChI is InChI=1S/C16H12F3NS.C2H7N/c1-2-9-20-12-5-3-4-6-14(12)21-15-8-7-11(10-13(15)20)16(17,18)19;1-3-2/h2-8,10H,1,9H2;3H,1-2H3. The summed E-state index contributed by atoms with van der Waals surface area (Å²) in [5.41, 5.74) is 0.859. The highest BCUT2D eigenvalue weighted by Gasteiger charge is 2.33. The van der Waals surface area contributed by atoms with Crippen molar-refractivity contribution in [2.75, 3.05) is 25.5 Å². The van der Waals surface area contributed by atoms with Gasteiger partial charge in [0.1, 0.15) is 0 Å². The van der Waals surface area contributed by atoms with Crippen LogP contribution in [-0.2, 0) is 6.18 Å². The highest BCUT2D eigenvalue weighted by Crippen LogP contribution is 2.49. The van der Waals surface area contributed by atoms with Crippen LogP contribution in [0.4, 0.5) is 24.5 Å². The molecule has 0 saturated carbocycles. The molecule has 2 aromatic rings. The smallest absolute Gasteiger partial charge is 0.336 e. The lowest BCUT2D eigenvalue weighted by molar-refractivity contribution is -0.137. The van der Waals surface area contributed by atoms with E-state index in [0.29, 0.717) is 12.2 Å². The van der Waals surface area contributed by atoms with Crippen molar-refractivity contribution in [2.45, 2.75) is 16.0 Å².